The Bertz CT molecular complexity index is 536. The topological polar surface area (TPSA) is 46.2 Å². The van der Waals surface area contributed by atoms with E-state index in [-0.39, 0.29) is 6.04 Å². The maximum atomic E-state index is 11.6. The predicted octanol–water partition coefficient (Wildman–Crippen LogP) is 3.11. The largest absolute Gasteiger partial charge is 0.310 e. The first-order valence-corrected chi connectivity index (χ1v) is 9.89. The molecule has 1 aliphatic rings. The minimum Gasteiger partial charge on any atom is -0.310 e. The SMILES string of the molecule is CCCc1ccc(C(CC2CCS(=O)(=O)C2)NCC)cc1. The van der Waals surface area contributed by atoms with Crippen LogP contribution in [0.4, 0.5) is 0 Å². The number of rotatable bonds is 7. The molecule has 1 heterocycles. The molecule has 118 valence electrons. The maximum Gasteiger partial charge on any atom is 0.150 e. The Kier molecular flexibility index (Phi) is 5.82. The summed E-state index contributed by atoms with van der Waals surface area (Å²) in [6, 6.07) is 9.07. The van der Waals surface area contributed by atoms with E-state index >= 15 is 0 Å². The van der Waals surface area contributed by atoms with E-state index in [4.69, 9.17) is 0 Å². The third-order valence-corrected chi connectivity index (χ3v) is 6.10. The van der Waals surface area contributed by atoms with Gasteiger partial charge in [-0.2, -0.15) is 0 Å². The molecule has 1 saturated heterocycles. The molecule has 1 fully saturated rings. The number of hydrogen-bond donors (Lipinski definition) is 1. The van der Waals surface area contributed by atoms with Crippen molar-refractivity contribution in [1.29, 1.82) is 0 Å². The lowest BCUT2D eigenvalue weighted by molar-refractivity contribution is 0.422. The molecule has 0 saturated carbocycles. The minimum absolute atomic E-state index is 0.268. The summed E-state index contributed by atoms with van der Waals surface area (Å²) < 4.78 is 23.2. The van der Waals surface area contributed by atoms with Gasteiger partial charge in [0.2, 0.25) is 0 Å². The third kappa shape index (κ3) is 4.82. The van der Waals surface area contributed by atoms with Gasteiger partial charge in [0.25, 0.3) is 0 Å². The first kappa shape index (κ1) is 16.5. The number of nitrogens with one attached hydrogen (secondary N) is 1. The van der Waals surface area contributed by atoms with Crippen LogP contribution in [0.3, 0.4) is 0 Å². The lowest BCUT2D eigenvalue weighted by atomic mass is 9.93. The fourth-order valence-electron chi connectivity index (χ4n) is 3.18. The van der Waals surface area contributed by atoms with Gasteiger partial charge in [0, 0.05) is 6.04 Å². The molecule has 4 heteroatoms. The second-order valence-electron chi connectivity index (χ2n) is 6.11. The van der Waals surface area contributed by atoms with Crippen LogP contribution in [0.25, 0.3) is 0 Å². The Hall–Kier alpha value is -0.870. The van der Waals surface area contributed by atoms with E-state index in [1.165, 1.54) is 11.1 Å². The summed E-state index contributed by atoms with van der Waals surface area (Å²) in [4.78, 5) is 0. The van der Waals surface area contributed by atoms with Crippen LogP contribution in [0, 0.1) is 5.92 Å². The quantitative estimate of drug-likeness (QED) is 0.842. The highest BCUT2D eigenvalue weighted by Crippen LogP contribution is 2.29. The van der Waals surface area contributed by atoms with Crippen molar-refractivity contribution in [1.82, 2.24) is 5.32 Å². The summed E-state index contributed by atoms with van der Waals surface area (Å²) in [5.74, 6) is 1.03. The molecule has 2 atom stereocenters. The molecule has 21 heavy (non-hydrogen) atoms. The van der Waals surface area contributed by atoms with Gasteiger partial charge in [-0.15, -0.1) is 0 Å². The van der Waals surface area contributed by atoms with Crippen molar-refractivity contribution in [3.63, 3.8) is 0 Å². The summed E-state index contributed by atoms with van der Waals surface area (Å²) in [7, 11) is -2.78. The van der Waals surface area contributed by atoms with Crippen molar-refractivity contribution in [2.75, 3.05) is 18.1 Å². The molecular weight excluding hydrogens is 282 g/mol. The Labute approximate surface area is 129 Å². The number of benzene rings is 1. The fraction of sp³-hybridized carbons (Fsp3) is 0.647. The highest BCUT2D eigenvalue weighted by Gasteiger charge is 2.29. The molecule has 0 aromatic heterocycles. The average Bonchev–Trinajstić information content (AvgIpc) is 2.79. The van der Waals surface area contributed by atoms with Gasteiger partial charge in [-0.3, -0.25) is 0 Å². The van der Waals surface area contributed by atoms with Gasteiger partial charge < -0.3 is 5.32 Å². The highest BCUT2D eigenvalue weighted by molar-refractivity contribution is 7.91. The van der Waals surface area contributed by atoms with Crippen LogP contribution in [0.15, 0.2) is 24.3 Å². The standard InChI is InChI=1S/C17H27NO2S/c1-3-5-14-6-8-16(9-7-14)17(18-4-2)12-15-10-11-21(19,20)13-15/h6-9,15,17-18H,3-5,10-13H2,1-2H3. The zero-order valence-electron chi connectivity index (χ0n) is 13.1. The van der Waals surface area contributed by atoms with Crippen LogP contribution in [-0.4, -0.2) is 26.5 Å². The zero-order valence-corrected chi connectivity index (χ0v) is 14.0. The van der Waals surface area contributed by atoms with E-state index in [0.717, 1.165) is 32.2 Å². The molecule has 1 N–H and O–H groups in total. The summed E-state index contributed by atoms with van der Waals surface area (Å²) >= 11 is 0. The molecule has 1 aliphatic heterocycles. The Morgan fingerprint density at radius 3 is 2.48 bits per heavy atom. The number of hydrogen-bond acceptors (Lipinski definition) is 3. The van der Waals surface area contributed by atoms with Crippen LogP contribution in [0.1, 0.15) is 50.3 Å². The van der Waals surface area contributed by atoms with Crippen LogP contribution >= 0.6 is 0 Å². The molecule has 0 aliphatic carbocycles. The van der Waals surface area contributed by atoms with Crippen molar-refractivity contribution in [3.05, 3.63) is 35.4 Å². The van der Waals surface area contributed by atoms with Crippen molar-refractivity contribution in [2.24, 2.45) is 5.92 Å². The van der Waals surface area contributed by atoms with E-state index in [0.29, 0.717) is 17.4 Å². The summed E-state index contributed by atoms with van der Waals surface area (Å²) in [6.07, 6.45) is 4.02. The molecule has 2 unspecified atom stereocenters. The molecular formula is C17H27NO2S. The number of sulfone groups is 1. The second-order valence-corrected chi connectivity index (χ2v) is 8.34. The van der Waals surface area contributed by atoms with Crippen molar-refractivity contribution < 1.29 is 8.42 Å². The first-order chi connectivity index (χ1) is 10.0. The normalized spacial score (nSPS) is 22.3. The fourth-order valence-corrected chi connectivity index (χ4v) is 5.06. The monoisotopic (exact) mass is 309 g/mol. The molecule has 1 aromatic carbocycles. The van der Waals surface area contributed by atoms with Gasteiger partial charge in [-0.1, -0.05) is 44.5 Å². The Morgan fingerprint density at radius 2 is 1.95 bits per heavy atom. The first-order valence-electron chi connectivity index (χ1n) is 8.06. The summed E-state index contributed by atoms with van der Waals surface area (Å²) in [6.45, 7) is 5.20. The molecule has 0 spiro atoms. The lowest BCUT2D eigenvalue weighted by Crippen LogP contribution is -2.24. The smallest absolute Gasteiger partial charge is 0.150 e. The van der Waals surface area contributed by atoms with Crippen LogP contribution in [-0.2, 0) is 16.3 Å². The molecule has 0 radical (unpaired) electrons. The van der Waals surface area contributed by atoms with Gasteiger partial charge in [-0.25, -0.2) is 8.42 Å². The predicted molar refractivity (Wildman–Crippen MR) is 88.2 cm³/mol. The van der Waals surface area contributed by atoms with Gasteiger partial charge in [0.1, 0.15) is 0 Å². The molecule has 3 nitrogen and oxygen atoms in total. The maximum absolute atomic E-state index is 11.6. The summed E-state index contributed by atoms with van der Waals surface area (Å²) in [5.41, 5.74) is 2.65. The van der Waals surface area contributed by atoms with Gasteiger partial charge in [0.15, 0.2) is 9.84 Å². The van der Waals surface area contributed by atoms with E-state index in [9.17, 15) is 8.42 Å². The molecule has 1 aromatic rings. The van der Waals surface area contributed by atoms with Crippen molar-refractivity contribution in [2.45, 2.75) is 45.6 Å². The van der Waals surface area contributed by atoms with Gasteiger partial charge >= 0.3 is 0 Å². The summed E-state index contributed by atoms with van der Waals surface area (Å²) in [5, 5.41) is 3.51. The average molecular weight is 309 g/mol. The Morgan fingerprint density at radius 1 is 1.24 bits per heavy atom. The van der Waals surface area contributed by atoms with E-state index in [1.54, 1.807) is 0 Å². The van der Waals surface area contributed by atoms with Gasteiger partial charge in [-0.05, 0) is 42.9 Å². The Balaban J connectivity index is 2.04. The van der Waals surface area contributed by atoms with Crippen LogP contribution in [0.2, 0.25) is 0 Å². The molecule has 0 amide bonds. The second kappa shape index (κ2) is 7.41. The molecule has 2 rings (SSSR count). The van der Waals surface area contributed by atoms with E-state index in [1.807, 2.05) is 0 Å². The third-order valence-electron chi connectivity index (χ3n) is 4.27. The highest BCUT2D eigenvalue weighted by atomic mass is 32.2. The molecule has 0 bridgehead atoms. The van der Waals surface area contributed by atoms with Crippen LogP contribution in [0.5, 0.6) is 0 Å². The van der Waals surface area contributed by atoms with Crippen molar-refractivity contribution >= 4 is 9.84 Å². The number of aryl methyl sites for hydroxylation is 1. The lowest BCUT2D eigenvalue weighted by Gasteiger charge is -2.21. The minimum atomic E-state index is -2.78. The van der Waals surface area contributed by atoms with E-state index in [2.05, 4.69) is 43.4 Å². The van der Waals surface area contributed by atoms with Crippen LogP contribution < -0.4 is 5.32 Å². The van der Waals surface area contributed by atoms with E-state index < -0.39 is 9.84 Å². The zero-order chi connectivity index (χ0) is 15.3. The van der Waals surface area contributed by atoms with Crippen molar-refractivity contribution in [3.8, 4) is 0 Å². The van der Waals surface area contributed by atoms with Gasteiger partial charge in [0.05, 0.1) is 11.5 Å².